The van der Waals surface area contributed by atoms with Crippen molar-refractivity contribution in [1.82, 2.24) is 0 Å². The van der Waals surface area contributed by atoms with Crippen molar-refractivity contribution in [2.24, 2.45) is 0 Å². The van der Waals surface area contributed by atoms with E-state index in [4.69, 9.17) is 14.2 Å². The van der Waals surface area contributed by atoms with E-state index in [1.165, 1.54) is 25.3 Å². The quantitative estimate of drug-likeness (QED) is 0.183. The number of aromatic hydroxyl groups is 2. The summed E-state index contributed by atoms with van der Waals surface area (Å²) in [4.78, 5) is 51.2. The molecule has 0 amide bonds. The summed E-state index contributed by atoms with van der Waals surface area (Å²) in [7, 11) is 1.27. The molecule has 1 fully saturated rings. The van der Waals surface area contributed by atoms with Crippen LogP contribution >= 0.6 is 0 Å². The molecular weight excluding hydrogens is 548 g/mol. The number of methoxy groups -OCH3 is 1. The minimum Gasteiger partial charge on any atom is -0.507 e. The number of ether oxygens (including phenoxy) is 3. The number of hydrogen-bond donors (Lipinski definition) is 7. The van der Waals surface area contributed by atoms with E-state index in [1.54, 1.807) is 0 Å². The van der Waals surface area contributed by atoms with Crippen molar-refractivity contribution in [2.75, 3.05) is 7.11 Å². The first-order valence-electron chi connectivity index (χ1n) is 12.4. The Balaban J connectivity index is 1.69. The molecule has 218 valence electrons. The van der Waals surface area contributed by atoms with Gasteiger partial charge in [0.25, 0.3) is 0 Å². The van der Waals surface area contributed by atoms with Gasteiger partial charge in [-0.1, -0.05) is 12.1 Å². The van der Waals surface area contributed by atoms with Crippen LogP contribution in [0.25, 0.3) is 0 Å². The molecule has 41 heavy (non-hydrogen) atoms. The second-order valence-electron chi connectivity index (χ2n) is 10.2. The Kier molecular flexibility index (Phi) is 6.88. The Morgan fingerprint density at radius 2 is 1.63 bits per heavy atom. The molecular formula is C27H26O14. The van der Waals surface area contributed by atoms with Crippen LogP contribution in [0.2, 0.25) is 0 Å². The Bertz CT molecular complexity index is 1500. The molecule has 0 unspecified atom stereocenters. The zero-order valence-electron chi connectivity index (χ0n) is 21.6. The Hall–Kier alpha value is -3.92. The molecule has 0 aromatic heterocycles. The molecule has 0 spiro atoms. The third-order valence-electron chi connectivity index (χ3n) is 7.84. The van der Waals surface area contributed by atoms with Gasteiger partial charge >= 0.3 is 5.97 Å². The van der Waals surface area contributed by atoms with Crippen LogP contribution in [0, 0.1) is 0 Å². The first-order valence-corrected chi connectivity index (χ1v) is 12.4. The van der Waals surface area contributed by atoms with Crippen molar-refractivity contribution >= 4 is 23.3 Å². The summed E-state index contributed by atoms with van der Waals surface area (Å²) in [5.41, 5.74) is -4.37. The van der Waals surface area contributed by atoms with Gasteiger partial charge in [-0.2, -0.15) is 0 Å². The molecule has 2 aromatic rings. The number of aliphatic hydroxyl groups is 4. The molecule has 0 radical (unpaired) electrons. The van der Waals surface area contributed by atoms with Crippen LogP contribution in [0.3, 0.4) is 0 Å². The summed E-state index contributed by atoms with van der Waals surface area (Å²) in [6, 6.07) is 4.20. The first kappa shape index (κ1) is 28.6. The minimum absolute atomic E-state index is 0.0212. The van der Waals surface area contributed by atoms with Gasteiger partial charge in [-0.3, -0.25) is 14.4 Å². The number of ketones is 3. The highest BCUT2D eigenvalue weighted by Crippen LogP contribution is 2.52. The number of phenols is 2. The third kappa shape index (κ3) is 4.18. The number of aliphatic hydroxyl groups excluding tert-OH is 3. The monoisotopic (exact) mass is 574 g/mol. The molecule has 1 heterocycles. The lowest BCUT2D eigenvalue weighted by molar-refractivity contribution is -0.308. The van der Waals surface area contributed by atoms with Gasteiger partial charge < -0.3 is 50.0 Å². The topological polar surface area (TPSA) is 238 Å². The number of benzene rings is 2. The van der Waals surface area contributed by atoms with E-state index in [0.717, 1.165) is 6.92 Å². The molecule has 1 aliphatic heterocycles. The molecule has 2 aromatic carbocycles. The van der Waals surface area contributed by atoms with Gasteiger partial charge in [0.15, 0.2) is 24.0 Å². The van der Waals surface area contributed by atoms with Crippen molar-refractivity contribution in [3.05, 3.63) is 51.6 Å². The summed E-state index contributed by atoms with van der Waals surface area (Å²) in [5, 5.41) is 74.0. The van der Waals surface area contributed by atoms with Crippen LogP contribution in [0.4, 0.5) is 0 Å². The zero-order valence-corrected chi connectivity index (χ0v) is 21.6. The maximum Gasteiger partial charge on any atom is 0.335 e. The standard InChI is InChI=1S/C27H26O14/c1-8(28)27(38)6-10-14(12(7-27)40-26-23(35)21(33)22(34)24(41-26)25(36)37)20(32)16-15(18(10)30)17(29)9-4-3-5-11(39-2)13(9)19(16)31/h3-5,12,21-24,26,30,32-35,38H,6-7H2,1-2H3,(H,36,37)/t12-,21-,22-,23+,24-,26+,27-/m0/s1. The molecule has 7 atom stereocenters. The SMILES string of the molecule is COc1cccc2c1C(=O)c1c(O)c3c(c(O)c1C2=O)C[C@@](O)(C(C)=O)C[C@@H]3O[C@@H]1O[C@H](C(=O)O)[C@@H](O)[C@H](O)[C@H]1O. The van der Waals surface area contributed by atoms with Crippen LogP contribution in [0.1, 0.15) is 62.4 Å². The van der Waals surface area contributed by atoms with Gasteiger partial charge in [0.05, 0.1) is 29.9 Å². The molecule has 5 rings (SSSR count). The van der Waals surface area contributed by atoms with E-state index in [0.29, 0.717) is 0 Å². The van der Waals surface area contributed by atoms with Crippen LogP contribution in [-0.2, 0) is 25.5 Å². The number of carbonyl (C=O) groups is 4. The van der Waals surface area contributed by atoms with Gasteiger partial charge in [0.2, 0.25) is 5.78 Å². The second kappa shape index (κ2) is 9.87. The fraction of sp³-hybridized carbons (Fsp3) is 0.407. The fourth-order valence-corrected chi connectivity index (χ4v) is 5.63. The maximum absolute atomic E-state index is 13.6. The van der Waals surface area contributed by atoms with Crippen molar-refractivity contribution in [1.29, 1.82) is 0 Å². The number of rotatable bonds is 5. The van der Waals surface area contributed by atoms with Gasteiger partial charge in [0.1, 0.15) is 41.2 Å². The average Bonchev–Trinajstić information content (AvgIpc) is 2.92. The number of phenolic OH excluding ortho intramolecular Hbond substituents is 2. The van der Waals surface area contributed by atoms with E-state index in [1.807, 2.05) is 0 Å². The van der Waals surface area contributed by atoms with Crippen molar-refractivity contribution < 1.29 is 69.1 Å². The number of Topliss-reactive ketones (excluding diaryl/α,β-unsaturated/α-hetero) is 1. The van der Waals surface area contributed by atoms with Crippen LogP contribution in [0.15, 0.2) is 18.2 Å². The lowest BCUT2D eigenvalue weighted by Crippen LogP contribution is -2.60. The minimum atomic E-state index is -2.25. The lowest BCUT2D eigenvalue weighted by atomic mass is 9.72. The highest BCUT2D eigenvalue weighted by molar-refractivity contribution is 6.31. The summed E-state index contributed by atoms with van der Waals surface area (Å²) in [6.07, 6.45) is -13.1. The lowest BCUT2D eigenvalue weighted by Gasteiger charge is -2.43. The molecule has 2 aliphatic carbocycles. The summed E-state index contributed by atoms with van der Waals surface area (Å²) in [5.74, 6) is -5.84. The maximum atomic E-state index is 13.6. The van der Waals surface area contributed by atoms with E-state index >= 15 is 0 Å². The van der Waals surface area contributed by atoms with E-state index in [-0.39, 0.29) is 28.0 Å². The fourth-order valence-electron chi connectivity index (χ4n) is 5.63. The molecule has 7 N–H and O–H groups in total. The van der Waals surface area contributed by atoms with E-state index < -0.39 is 101 Å². The number of carboxylic acid groups (broad SMARTS) is 1. The van der Waals surface area contributed by atoms with Crippen LogP contribution < -0.4 is 4.74 Å². The van der Waals surface area contributed by atoms with Crippen molar-refractivity contribution in [3.8, 4) is 17.2 Å². The van der Waals surface area contributed by atoms with E-state index in [9.17, 15) is 54.9 Å². The second-order valence-corrected chi connectivity index (χ2v) is 10.2. The molecule has 3 aliphatic rings. The van der Waals surface area contributed by atoms with Crippen molar-refractivity contribution in [3.63, 3.8) is 0 Å². The van der Waals surface area contributed by atoms with Gasteiger partial charge in [-0.15, -0.1) is 0 Å². The predicted octanol–water partition coefficient (Wildman–Crippen LogP) is -0.902. The Morgan fingerprint density at radius 3 is 2.24 bits per heavy atom. The number of fused-ring (bicyclic) bond motifs is 3. The summed E-state index contributed by atoms with van der Waals surface area (Å²) in [6.45, 7) is 1.04. The third-order valence-corrected chi connectivity index (χ3v) is 7.84. The molecule has 14 nitrogen and oxygen atoms in total. The number of aliphatic carboxylic acids is 1. The molecule has 14 heteroatoms. The number of hydrogen-bond acceptors (Lipinski definition) is 13. The summed E-state index contributed by atoms with van der Waals surface area (Å²) < 4.78 is 16.1. The number of carbonyl (C=O) groups excluding carboxylic acids is 3. The van der Waals surface area contributed by atoms with E-state index in [2.05, 4.69) is 0 Å². The Labute approximate surface area is 230 Å². The average molecular weight is 574 g/mol. The molecule has 0 saturated carbocycles. The zero-order chi connectivity index (χ0) is 30.1. The highest BCUT2D eigenvalue weighted by Gasteiger charge is 2.52. The number of carboxylic acids is 1. The normalized spacial score (nSPS) is 30.7. The smallest absolute Gasteiger partial charge is 0.335 e. The first-order chi connectivity index (χ1) is 19.2. The molecule has 0 bridgehead atoms. The largest absolute Gasteiger partial charge is 0.507 e. The van der Waals surface area contributed by atoms with Gasteiger partial charge in [-0.25, -0.2) is 4.79 Å². The van der Waals surface area contributed by atoms with Gasteiger partial charge in [-0.05, 0) is 13.0 Å². The summed E-state index contributed by atoms with van der Waals surface area (Å²) >= 11 is 0. The predicted molar refractivity (Wildman–Crippen MR) is 132 cm³/mol. The van der Waals surface area contributed by atoms with Crippen LogP contribution in [-0.4, -0.2) is 102 Å². The Morgan fingerprint density at radius 1 is 0.976 bits per heavy atom. The van der Waals surface area contributed by atoms with Crippen molar-refractivity contribution in [2.45, 2.75) is 62.2 Å². The highest BCUT2D eigenvalue weighted by atomic mass is 16.7. The molecule has 1 saturated heterocycles. The van der Waals surface area contributed by atoms with Crippen LogP contribution in [0.5, 0.6) is 17.2 Å². The van der Waals surface area contributed by atoms with Gasteiger partial charge in [0, 0.05) is 29.5 Å².